The molecule has 14 heteroatoms. The molecule has 2 aromatic heterocycles. The van der Waals surface area contributed by atoms with Gasteiger partial charge in [-0.1, -0.05) is 11.6 Å². The van der Waals surface area contributed by atoms with Crippen molar-refractivity contribution in [1.29, 1.82) is 0 Å². The minimum Gasteiger partial charge on any atom is -0.395 e. The summed E-state index contributed by atoms with van der Waals surface area (Å²) in [5.74, 6) is -0.593. The number of aliphatic hydroxyl groups is 1. The van der Waals surface area contributed by atoms with E-state index in [0.717, 1.165) is 17.0 Å². The molecule has 2 unspecified atom stereocenters. The zero-order valence-corrected chi connectivity index (χ0v) is 24.1. The maximum atomic E-state index is 13.7. The number of nitrogens with zero attached hydrogens (tertiary/aromatic N) is 4. The average molecular weight is 595 g/mol. The van der Waals surface area contributed by atoms with Crippen molar-refractivity contribution in [2.75, 3.05) is 39.8 Å². The molecule has 4 heterocycles. The van der Waals surface area contributed by atoms with Crippen LogP contribution in [0.5, 0.6) is 0 Å². The zero-order valence-electron chi connectivity index (χ0n) is 21.7. The van der Waals surface area contributed by atoms with Crippen LogP contribution in [0, 0.1) is 0 Å². The number of sulfonamides is 1. The highest BCUT2D eigenvalue weighted by molar-refractivity contribution is 7.89. The average Bonchev–Trinajstić information content (AvgIpc) is 3.52. The molecule has 3 N–H and O–H groups in total. The minimum absolute atomic E-state index is 0.0243. The molecule has 39 heavy (non-hydrogen) atoms. The number of H-pyrrole nitrogens is 1. The lowest BCUT2D eigenvalue weighted by Gasteiger charge is -2.40. The fourth-order valence-electron chi connectivity index (χ4n) is 5.00. The van der Waals surface area contributed by atoms with E-state index in [0.29, 0.717) is 27.5 Å². The van der Waals surface area contributed by atoms with Crippen LogP contribution in [0.25, 0.3) is 10.9 Å². The lowest BCUT2D eigenvalue weighted by Crippen LogP contribution is -2.57. The molecule has 5 rings (SSSR count). The maximum absolute atomic E-state index is 13.7. The number of hydrogen-bond donors (Lipinski definition) is 3. The highest BCUT2D eigenvalue weighted by Crippen LogP contribution is 2.29. The first-order valence-electron chi connectivity index (χ1n) is 12.7. The van der Waals surface area contributed by atoms with Crippen molar-refractivity contribution in [2.45, 2.75) is 43.4 Å². The summed E-state index contributed by atoms with van der Waals surface area (Å²) in [4.78, 5) is 38.2. The van der Waals surface area contributed by atoms with Gasteiger partial charge in [-0.25, -0.2) is 13.4 Å². The van der Waals surface area contributed by atoms with Crippen LogP contribution in [0.15, 0.2) is 29.3 Å². The van der Waals surface area contributed by atoms with Gasteiger partial charge in [0, 0.05) is 79.5 Å². The number of carbonyl (C=O) groups is 2. The van der Waals surface area contributed by atoms with E-state index in [9.17, 15) is 23.1 Å². The summed E-state index contributed by atoms with van der Waals surface area (Å²) in [6.45, 7) is 2.80. The van der Waals surface area contributed by atoms with Gasteiger partial charge in [-0.15, -0.1) is 11.3 Å². The largest absolute Gasteiger partial charge is 0.395 e. The smallest absolute Gasteiger partial charge is 0.283 e. The number of thiazole rings is 1. The molecule has 2 amide bonds. The standard InChI is InChI=1S/C25H31ClN6O5S2/c1-15-9-20-21(13-27-15)38-24(29-20)25(35)32-6-5-31(14-18(32)12-23(34)30(2)7-8-33)39(36,37)22-11-16-10-17(26)3-4-19(16)28-22/h3-4,10-11,15,18,27-28,33H,5-9,12-14H2,1-2H3. The number of benzene rings is 1. The van der Waals surface area contributed by atoms with Crippen LogP contribution < -0.4 is 5.32 Å². The number of aliphatic hydroxyl groups excluding tert-OH is 1. The Morgan fingerprint density at radius 2 is 2.08 bits per heavy atom. The summed E-state index contributed by atoms with van der Waals surface area (Å²) in [6.07, 6.45) is 0.648. The minimum atomic E-state index is -3.95. The number of aromatic nitrogens is 2. The summed E-state index contributed by atoms with van der Waals surface area (Å²) < 4.78 is 28.6. The SMILES string of the molecule is CC1Cc2nc(C(=O)N3CCN(S(=O)(=O)c4cc5cc(Cl)ccc5[nH]4)CC3CC(=O)N(C)CCO)sc2CN1. The van der Waals surface area contributed by atoms with Crippen LogP contribution in [0.3, 0.4) is 0 Å². The fraction of sp³-hybridized carbons (Fsp3) is 0.480. The topological polar surface area (TPSA) is 139 Å². The molecule has 210 valence electrons. The molecule has 2 aliphatic rings. The van der Waals surface area contributed by atoms with Gasteiger partial charge in [0.25, 0.3) is 15.9 Å². The van der Waals surface area contributed by atoms with Gasteiger partial charge in [0.2, 0.25) is 5.91 Å². The third-order valence-corrected chi connectivity index (χ3v) is 10.3. The molecule has 0 saturated carbocycles. The van der Waals surface area contributed by atoms with Crippen LogP contribution in [-0.2, 0) is 27.8 Å². The van der Waals surface area contributed by atoms with Crippen LogP contribution in [0.1, 0.15) is 33.7 Å². The maximum Gasteiger partial charge on any atom is 0.283 e. The Morgan fingerprint density at radius 3 is 2.85 bits per heavy atom. The number of rotatable bonds is 7. The van der Waals surface area contributed by atoms with Crippen LogP contribution in [0.4, 0.5) is 0 Å². The van der Waals surface area contributed by atoms with E-state index >= 15 is 0 Å². The lowest BCUT2D eigenvalue weighted by molar-refractivity contribution is -0.131. The molecule has 11 nitrogen and oxygen atoms in total. The molecule has 1 fully saturated rings. The molecule has 0 bridgehead atoms. The molecule has 1 aromatic carbocycles. The molecule has 2 aliphatic heterocycles. The highest BCUT2D eigenvalue weighted by atomic mass is 35.5. The predicted molar refractivity (Wildman–Crippen MR) is 148 cm³/mol. The van der Waals surface area contributed by atoms with Gasteiger partial charge in [-0.3, -0.25) is 9.59 Å². The van der Waals surface area contributed by atoms with E-state index in [-0.39, 0.29) is 62.1 Å². The summed E-state index contributed by atoms with van der Waals surface area (Å²) in [5, 5.41) is 14.2. The van der Waals surface area contributed by atoms with Crippen molar-refractivity contribution >= 4 is 55.7 Å². The number of hydrogen-bond acceptors (Lipinski definition) is 8. The van der Waals surface area contributed by atoms with Gasteiger partial charge in [0.15, 0.2) is 5.01 Å². The Morgan fingerprint density at radius 1 is 1.28 bits per heavy atom. The number of nitrogens with one attached hydrogen (secondary N) is 2. The first-order chi connectivity index (χ1) is 18.6. The van der Waals surface area contributed by atoms with Gasteiger partial charge < -0.3 is 25.2 Å². The van der Waals surface area contributed by atoms with Crippen molar-refractivity contribution < 1.29 is 23.1 Å². The van der Waals surface area contributed by atoms with Crippen LogP contribution >= 0.6 is 22.9 Å². The van der Waals surface area contributed by atoms with E-state index in [2.05, 4.69) is 22.2 Å². The summed E-state index contributed by atoms with van der Waals surface area (Å²) >= 11 is 7.41. The zero-order chi connectivity index (χ0) is 27.9. The van der Waals surface area contributed by atoms with Crippen molar-refractivity contribution in [3.63, 3.8) is 0 Å². The molecule has 0 spiro atoms. The molecule has 2 atom stereocenters. The Hall–Kier alpha value is -2.55. The second-order valence-electron chi connectivity index (χ2n) is 10.00. The monoisotopic (exact) mass is 594 g/mol. The van der Waals surface area contributed by atoms with Gasteiger partial charge in [-0.2, -0.15) is 4.31 Å². The van der Waals surface area contributed by atoms with Crippen molar-refractivity contribution in [1.82, 2.24) is 29.4 Å². The van der Waals surface area contributed by atoms with Gasteiger partial charge in [0.1, 0.15) is 5.03 Å². The Labute approximate surface area is 235 Å². The van der Waals surface area contributed by atoms with E-state index < -0.39 is 16.1 Å². The quantitative estimate of drug-likeness (QED) is 0.378. The van der Waals surface area contributed by atoms with E-state index in [1.54, 1.807) is 36.2 Å². The first-order valence-corrected chi connectivity index (χ1v) is 15.4. The lowest BCUT2D eigenvalue weighted by atomic mass is 10.1. The van der Waals surface area contributed by atoms with Gasteiger partial charge >= 0.3 is 0 Å². The second-order valence-corrected chi connectivity index (χ2v) is 13.4. The number of aromatic amines is 1. The number of carbonyl (C=O) groups excluding carboxylic acids is 2. The van der Waals surface area contributed by atoms with Crippen molar-refractivity contribution in [3.05, 3.63) is 44.9 Å². The highest BCUT2D eigenvalue weighted by Gasteiger charge is 2.39. The predicted octanol–water partition coefficient (Wildman–Crippen LogP) is 1.67. The van der Waals surface area contributed by atoms with Crippen molar-refractivity contribution in [3.8, 4) is 0 Å². The third kappa shape index (κ3) is 5.70. The molecule has 3 aromatic rings. The van der Waals surface area contributed by atoms with Crippen molar-refractivity contribution in [2.24, 2.45) is 0 Å². The first kappa shape index (κ1) is 28.0. The fourth-order valence-corrected chi connectivity index (χ4v) is 7.66. The summed E-state index contributed by atoms with van der Waals surface area (Å²) in [7, 11) is -2.38. The molecule has 0 radical (unpaired) electrons. The number of likely N-dealkylation sites (N-methyl/N-ethyl adjacent to an activating group) is 1. The molecular weight excluding hydrogens is 564 g/mol. The summed E-state index contributed by atoms with van der Waals surface area (Å²) in [5.41, 5.74) is 1.55. The Kier molecular flexibility index (Phi) is 8.00. The van der Waals surface area contributed by atoms with E-state index in [1.807, 2.05) is 0 Å². The number of fused-ring (bicyclic) bond motifs is 2. The normalized spacial score (nSPS) is 20.3. The van der Waals surface area contributed by atoms with E-state index in [1.165, 1.54) is 20.5 Å². The number of amides is 2. The Balaban J connectivity index is 1.41. The molecular formula is C25H31ClN6O5S2. The second kappa shape index (κ2) is 11.1. The number of piperazine rings is 1. The van der Waals surface area contributed by atoms with Gasteiger partial charge in [0.05, 0.1) is 18.3 Å². The van der Waals surface area contributed by atoms with Gasteiger partial charge in [-0.05, 0) is 31.2 Å². The molecule has 1 saturated heterocycles. The van der Waals surface area contributed by atoms with E-state index in [4.69, 9.17) is 11.6 Å². The summed E-state index contributed by atoms with van der Waals surface area (Å²) in [6, 6.07) is 6.19. The third-order valence-electron chi connectivity index (χ3n) is 7.23. The number of halogens is 1. The molecule has 0 aliphatic carbocycles. The Bertz CT molecular complexity index is 1510. The van der Waals surface area contributed by atoms with Crippen LogP contribution in [-0.4, -0.2) is 101 Å². The van der Waals surface area contributed by atoms with Crippen LogP contribution in [0.2, 0.25) is 5.02 Å².